The van der Waals surface area contributed by atoms with Gasteiger partial charge in [0.15, 0.2) is 17.1 Å². The van der Waals surface area contributed by atoms with Crippen LogP contribution in [0.1, 0.15) is 37.0 Å². The molecule has 0 bridgehead atoms. The van der Waals surface area contributed by atoms with Gasteiger partial charge in [0, 0.05) is 51.0 Å². The Morgan fingerprint density at radius 2 is 1.93 bits per heavy atom. The predicted octanol–water partition coefficient (Wildman–Crippen LogP) is 6.44. The summed E-state index contributed by atoms with van der Waals surface area (Å²) in [6, 6.07) is 7.87. The summed E-state index contributed by atoms with van der Waals surface area (Å²) < 4.78 is 16.2. The van der Waals surface area contributed by atoms with Crippen LogP contribution in [0.3, 0.4) is 0 Å². The van der Waals surface area contributed by atoms with Crippen LogP contribution >= 0.6 is 11.3 Å². The Balaban J connectivity index is 1.26. The van der Waals surface area contributed by atoms with E-state index in [4.69, 9.17) is 0 Å². The van der Waals surface area contributed by atoms with Crippen LogP contribution in [0.2, 0.25) is 0 Å². The maximum Gasteiger partial charge on any atom is 0.184 e. The zero-order valence-electron chi connectivity index (χ0n) is 21.8. The maximum atomic E-state index is 16.2. The van der Waals surface area contributed by atoms with Crippen LogP contribution in [-0.4, -0.2) is 46.5 Å². The summed E-state index contributed by atoms with van der Waals surface area (Å²) >= 11 is 1.69. The second kappa shape index (κ2) is 10.1. The third-order valence-corrected chi connectivity index (χ3v) is 8.65. The van der Waals surface area contributed by atoms with Gasteiger partial charge in [-0.25, -0.2) is 19.3 Å². The molecule has 0 aromatic carbocycles. The Labute approximate surface area is 233 Å². The summed E-state index contributed by atoms with van der Waals surface area (Å²) in [6.07, 6.45) is 11.2. The minimum absolute atomic E-state index is 0.198. The van der Waals surface area contributed by atoms with Crippen molar-refractivity contribution in [1.29, 1.82) is 0 Å². The molecule has 4 N–H and O–H groups in total. The van der Waals surface area contributed by atoms with Gasteiger partial charge in [0.05, 0.1) is 22.8 Å². The molecule has 202 valence electrons. The van der Waals surface area contributed by atoms with E-state index in [1.165, 1.54) is 17.5 Å². The van der Waals surface area contributed by atoms with Gasteiger partial charge in [-0.3, -0.25) is 10.1 Å². The van der Waals surface area contributed by atoms with Gasteiger partial charge in [-0.2, -0.15) is 5.10 Å². The van der Waals surface area contributed by atoms with E-state index in [-0.39, 0.29) is 22.5 Å². The summed E-state index contributed by atoms with van der Waals surface area (Å²) in [5.41, 5.74) is 4.37. The summed E-state index contributed by atoms with van der Waals surface area (Å²) in [4.78, 5) is 23.4. The number of hydrogen-bond acceptors (Lipinski definition) is 8. The quantitative estimate of drug-likeness (QED) is 0.174. The van der Waals surface area contributed by atoms with E-state index in [0.717, 1.165) is 41.6 Å². The molecule has 6 heterocycles. The second-order valence-corrected chi connectivity index (χ2v) is 11.6. The molecule has 40 heavy (non-hydrogen) atoms. The number of aromatic nitrogens is 7. The molecule has 1 atom stereocenters. The fourth-order valence-corrected chi connectivity index (χ4v) is 6.44. The highest BCUT2D eigenvalue weighted by Crippen LogP contribution is 2.36. The van der Waals surface area contributed by atoms with E-state index in [1.54, 1.807) is 36.0 Å². The number of anilines is 1. The van der Waals surface area contributed by atoms with Gasteiger partial charge in [0.1, 0.15) is 17.7 Å². The molecule has 1 aliphatic rings. The van der Waals surface area contributed by atoms with Crippen molar-refractivity contribution >= 4 is 39.2 Å². The van der Waals surface area contributed by atoms with Gasteiger partial charge >= 0.3 is 0 Å². The van der Waals surface area contributed by atoms with Gasteiger partial charge in [-0.15, -0.1) is 11.3 Å². The standard InChI is InChI=1S/C29H27FN8OS/c1-15-7-8-21(40-15)19-9-10-32-27-24(19)35-28(36-27)25-22-23(30)20(14-33-26(22)38-37-25)17-11-18(13-31-12-17)34-29(39)16-5-3-2-4-6-16/h7-14,16,29,34,39H,2-6H2,1H3,(H,32,35,36)(H,33,37,38). The van der Waals surface area contributed by atoms with Crippen molar-refractivity contribution < 1.29 is 9.50 Å². The Hall–Kier alpha value is -4.22. The molecule has 1 aliphatic carbocycles. The summed E-state index contributed by atoms with van der Waals surface area (Å²) in [5.74, 6) is 0.138. The number of aromatic amines is 2. The largest absolute Gasteiger partial charge is 0.374 e. The van der Waals surface area contributed by atoms with Gasteiger partial charge in [0.25, 0.3) is 0 Å². The number of aryl methyl sites for hydroxylation is 1. The fourth-order valence-electron chi connectivity index (χ4n) is 5.54. The van der Waals surface area contributed by atoms with Crippen LogP contribution in [0.5, 0.6) is 0 Å². The smallest absolute Gasteiger partial charge is 0.184 e. The second-order valence-electron chi connectivity index (χ2n) is 10.3. The molecule has 0 spiro atoms. The van der Waals surface area contributed by atoms with Crippen LogP contribution < -0.4 is 5.32 Å². The highest BCUT2D eigenvalue weighted by Gasteiger charge is 2.23. The average molecular weight is 555 g/mol. The molecule has 9 nitrogen and oxygen atoms in total. The molecule has 11 heteroatoms. The molecule has 0 radical (unpaired) electrons. The number of halogens is 1. The summed E-state index contributed by atoms with van der Waals surface area (Å²) in [5, 5.41) is 21.3. The van der Waals surface area contributed by atoms with Crippen molar-refractivity contribution in [2.45, 2.75) is 45.3 Å². The number of pyridine rings is 3. The molecular formula is C29H27FN8OS. The highest BCUT2D eigenvalue weighted by molar-refractivity contribution is 7.15. The number of fused-ring (bicyclic) bond motifs is 2. The summed E-state index contributed by atoms with van der Waals surface area (Å²) in [6.45, 7) is 2.06. The highest BCUT2D eigenvalue weighted by atomic mass is 32.1. The Morgan fingerprint density at radius 1 is 1.05 bits per heavy atom. The molecule has 0 aliphatic heterocycles. The molecule has 7 rings (SSSR count). The van der Waals surface area contributed by atoms with E-state index in [2.05, 4.69) is 59.5 Å². The topological polar surface area (TPSA) is 128 Å². The van der Waals surface area contributed by atoms with E-state index in [0.29, 0.717) is 28.4 Å². The predicted molar refractivity (Wildman–Crippen MR) is 154 cm³/mol. The van der Waals surface area contributed by atoms with Crippen molar-refractivity contribution in [3.8, 4) is 33.1 Å². The maximum absolute atomic E-state index is 16.2. The number of nitrogens with zero attached hydrogens (tertiary/aromatic N) is 5. The van der Waals surface area contributed by atoms with Gasteiger partial charge in [-0.05, 0) is 44.0 Å². The lowest BCUT2D eigenvalue weighted by Gasteiger charge is -2.27. The summed E-state index contributed by atoms with van der Waals surface area (Å²) in [7, 11) is 0. The van der Waals surface area contributed by atoms with Gasteiger partial charge in [0.2, 0.25) is 0 Å². The van der Waals surface area contributed by atoms with E-state index < -0.39 is 12.0 Å². The average Bonchev–Trinajstić information content (AvgIpc) is 3.72. The lowest BCUT2D eigenvalue weighted by Crippen LogP contribution is -2.30. The van der Waals surface area contributed by atoms with Crippen LogP contribution in [-0.2, 0) is 0 Å². The number of hydrogen-bond donors (Lipinski definition) is 4. The first-order valence-electron chi connectivity index (χ1n) is 13.4. The van der Waals surface area contributed by atoms with E-state index >= 15 is 4.39 Å². The van der Waals surface area contributed by atoms with Crippen molar-refractivity contribution in [2.75, 3.05) is 5.32 Å². The van der Waals surface area contributed by atoms with Gasteiger partial charge < -0.3 is 15.4 Å². The number of aliphatic hydroxyl groups is 1. The number of rotatable bonds is 6. The van der Waals surface area contributed by atoms with Crippen molar-refractivity contribution in [3.63, 3.8) is 0 Å². The first-order valence-corrected chi connectivity index (χ1v) is 14.2. The van der Waals surface area contributed by atoms with Crippen LogP contribution in [0.4, 0.5) is 10.1 Å². The SMILES string of the molecule is Cc1ccc(-c2ccnc3nc(-c4[nH]nc5ncc(-c6cncc(NC(O)C7CCCCC7)c6)c(F)c45)[nH]c23)s1. The molecule has 1 unspecified atom stereocenters. The van der Waals surface area contributed by atoms with E-state index in [1.807, 2.05) is 6.07 Å². The molecule has 6 aromatic heterocycles. The van der Waals surface area contributed by atoms with Crippen molar-refractivity contribution in [1.82, 2.24) is 35.1 Å². The van der Waals surface area contributed by atoms with E-state index in [9.17, 15) is 5.11 Å². The molecule has 1 fully saturated rings. The lowest BCUT2D eigenvalue weighted by atomic mass is 9.88. The molecule has 6 aromatic rings. The Morgan fingerprint density at radius 3 is 2.75 bits per heavy atom. The van der Waals surface area contributed by atoms with Gasteiger partial charge in [-0.1, -0.05) is 19.3 Å². The zero-order chi connectivity index (χ0) is 27.2. The fraction of sp³-hybridized carbons (Fsp3) is 0.276. The third-order valence-electron chi connectivity index (χ3n) is 7.61. The van der Waals surface area contributed by atoms with Crippen molar-refractivity contribution in [2.24, 2.45) is 5.92 Å². The number of thiophene rings is 1. The number of aliphatic hydroxyl groups excluding tert-OH is 1. The number of imidazole rings is 1. The Bertz CT molecular complexity index is 1840. The normalized spacial score (nSPS) is 15.2. The first-order chi connectivity index (χ1) is 19.5. The van der Waals surface area contributed by atoms with Crippen LogP contribution in [0.25, 0.3) is 55.3 Å². The molecular weight excluding hydrogens is 527 g/mol. The minimum atomic E-state index is -0.673. The zero-order valence-corrected chi connectivity index (χ0v) is 22.6. The molecule has 0 saturated heterocycles. The number of nitrogens with one attached hydrogen (secondary N) is 3. The van der Waals surface area contributed by atoms with Crippen LogP contribution in [0.15, 0.2) is 49.1 Å². The molecule has 1 saturated carbocycles. The van der Waals surface area contributed by atoms with Crippen LogP contribution in [0, 0.1) is 18.7 Å². The third kappa shape index (κ3) is 4.40. The number of H-pyrrole nitrogens is 2. The molecule has 0 amide bonds. The Kier molecular flexibility index (Phi) is 6.24. The monoisotopic (exact) mass is 554 g/mol. The van der Waals surface area contributed by atoms with Crippen molar-refractivity contribution in [3.05, 3.63) is 59.7 Å². The first kappa shape index (κ1) is 24.8. The lowest BCUT2D eigenvalue weighted by molar-refractivity contribution is 0.109. The minimum Gasteiger partial charge on any atom is -0.374 e.